The molecule has 0 aliphatic carbocycles. The Balaban J connectivity index is 2.02. The number of aromatic nitrogens is 1. The summed E-state index contributed by atoms with van der Waals surface area (Å²) in [6.07, 6.45) is 3.56. The van der Waals surface area contributed by atoms with Crippen LogP contribution in [-0.4, -0.2) is 29.7 Å². The molecule has 1 fully saturated rings. The van der Waals surface area contributed by atoms with Gasteiger partial charge in [0.1, 0.15) is 5.69 Å². The molecule has 1 aromatic rings. The minimum absolute atomic E-state index is 0.0459. The van der Waals surface area contributed by atoms with Crippen molar-refractivity contribution in [2.75, 3.05) is 18.9 Å². The van der Waals surface area contributed by atoms with Crippen molar-refractivity contribution in [3.05, 3.63) is 18.0 Å². The Morgan fingerprint density at radius 1 is 1.59 bits per heavy atom. The second kappa shape index (κ2) is 5.23. The molecule has 0 radical (unpaired) electrons. The molecule has 94 valence electrons. The number of hydrogen-bond acceptors (Lipinski definition) is 3. The minimum Gasteiger partial charge on any atom is -0.397 e. The van der Waals surface area contributed by atoms with Gasteiger partial charge in [-0.2, -0.15) is 0 Å². The molecular weight excluding hydrogens is 218 g/mol. The molecule has 17 heavy (non-hydrogen) atoms. The zero-order chi connectivity index (χ0) is 12.3. The van der Waals surface area contributed by atoms with E-state index in [0.29, 0.717) is 11.4 Å². The van der Waals surface area contributed by atoms with Crippen molar-refractivity contribution >= 4 is 11.6 Å². The number of nitrogens with zero attached hydrogens (tertiary/aromatic N) is 1. The van der Waals surface area contributed by atoms with Gasteiger partial charge in [0, 0.05) is 32.0 Å². The quantitative estimate of drug-likeness (QED) is 0.824. The van der Waals surface area contributed by atoms with Crippen molar-refractivity contribution in [3.8, 4) is 0 Å². The summed E-state index contributed by atoms with van der Waals surface area (Å²) in [5.74, 6) is -0.0459. The minimum atomic E-state index is -0.0459. The maximum atomic E-state index is 12.1. The van der Waals surface area contributed by atoms with Crippen LogP contribution in [0.5, 0.6) is 0 Å². The topological polar surface area (TPSA) is 69.3 Å². The van der Waals surface area contributed by atoms with Crippen LogP contribution in [0.2, 0.25) is 0 Å². The van der Waals surface area contributed by atoms with Gasteiger partial charge in [-0.3, -0.25) is 4.79 Å². The Morgan fingerprint density at radius 2 is 2.29 bits per heavy atom. The number of nitrogen functional groups attached to an aromatic ring is 1. The van der Waals surface area contributed by atoms with E-state index in [2.05, 4.69) is 5.32 Å². The van der Waals surface area contributed by atoms with Gasteiger partial charge >= 0.3 is 0 Å². The molecule has 0 bridgehead atoms. The van der Waals surface area contributed by atoms with E-state index in [4.69, 9.17) is 10.5 Å². The van der Waals surface area contributed by atoms with Crippen LogP contribution in [0, 0.1) is 0 Å². The fraction of sp³-hybridized carbons (Fsp3) is 0.583. The Bertz CT molecular complexity index is 394. The highest BCUT2D eigenvalue weighted by Gasteiger charge is 2.19. The lowest BCUT2D eigenvalue weighted by atomic mass is 10.1. The van der Waals surface area contributed by atoms with Gasteiger partial charge in [0.25, 0.3) is 5.91 Å². The van der Waals surface area contributed by atoms with Crippen LogP contribution >= 0.6 is 0 Å². The lowest BCUT2D eigenvalue weighted by molar-refractivity contribution is 0.0692. The van der Waals surface area contributed by atoms with Gasteiger partial charge < -0.3 is 20.4 Å². The van der Waals surface area contributed by atoms with Crippen molar-refractivity contribution < 1.29 is 9.53 Å². The lowest BCUT2D eigenvalue weighted by Crippen LogP contribution is -2.39. The van der Waals surface area contributed by atoms with Crippen molar-refractivity contribution in [1.82, 2.24) is 9.88 Å². The molecule has 1 aliphatic heterocycles. The Hall–Kier alpha value is -1.49. The number of ether oxygens (including phenoxy) is 1. The summed E-state index contributed by atoms with van der Waals surface area (Å²) in [4.78, 5) is 12.1. The highest BCUT2D eigenvalue weighted by molar-refractivity contribution is 5.94. The van der Waals surface area contributed by atoms with Crippen LogP contribution in [0.4, 0.5) is 5.69 Å². The second-order valence-corrected chi connectivity index (χ2v) is 4.30. The fourth-order valence-corrected chi connectivity index (χ4v) is 2.09. The van der Waals surface area contributed by atoms with Crippen LogP contribution in [0.1, 0.15) is 30.3 Å². The van der Waals surface area contributed by atoms with Crippen LogP contribution in [-0.2, 0) is 11.3 Å². The third-order valence-electron chi connectivity index (χ3n) is 3.05. The monoisotopic (exact) mass is 237 g/mol. The first-order valence-electron chi connectivity index (χ1n) is 6.05. The highest BCUT2D eigenvalue weighted by atomic mass is 16.5. The average molecular weight is 237 g/mol. The van der Waals surface area contributed by atoms with Crippen molar-refractivity contribution in [1.29, 1.82) is 0 Å². The Morgan fingerprint density at radius 3 is 2.94 bits per heavy atom. The molecule has 0 aromatic carbocycles. The van der Waals surface area contributed by atoms with E-state index < -0.39 is 0 Å². The van der Waals surface area contributed by atoms with Crippen LogP contribution in [0.3, 0.4) is 0 Å². The predicted molar refractivity (Wildman–Crippen MR) is 65.8 cm³/mol. The van der Waals surface area contributed by atoms with Gasteiger partial charge in [-0.25, -0.2) is 0 Å². The number of anilines is 1. The third-order valence-corrected chi connectivity index (χ3v) is 3.05. The molecule has 3 N–H and O–H groups in total. The van der Waals surface area contributed by atoms with Crippen LogP contribution in [0.15, 0.2) is 12.3 Å². The van der Waals surface area contributed by atoms with Crippen molar-refractivity contribution in [2.45, 2.75) is 32.4 Å². The van der Waals surface area contributed by atoms with E-state index in [-0.39, 0.29) is 11.9 Å². The molecule has 1 aromatic heterocycles. The highest BCUT2D eigenvalue weighted by Crippen LogP contribution is 2.12. The molecule has 0 unspecified atom stereocenters. The smallest absolute Gasteiger partial charge is 0.268 e. The number of amides is 1. The first kappa shape index (κ1) is 12.0. The number of nitrogens with one attached hydrogen (secondary N) is 1. The maximum absolute atomic E-state index is 12.1. The van der Waals surface area contributed by atoms with Crippen LogP contribution in [0.25, 0.3) is 0 Å². The van der Waals surface area contributed by atoms with Crippen LogP contribution < -0.4 is 11.1 Å². The summed E-state index contributed by atoms with van der Waals surface area (Å²) in [6.45, 7) is 4.18. The summed E-state index contributed by atoms with van der Waals surface area (Å²) in [6, 6.07) is 1.94. The zero-order valence-corrected chi connectivity index (χ0v) is 10.1. The number of hydrogen-bond donors (Lipinski definition) is 2. The Kier molecular flexibility index (Phi) is 3.68. The second-order valence-electron chi connectivity index (χ2n) is 4.30. The third kappa shape index (κ3) is 2.79. The zero-order valence-electron chi connectivity index (χ0n) is 10.1. The summed E-state index contributed by atoms with van der Waals surface area (Å²) in [7, 11) is 0. The van der Waals surface area contributed by atoms with Gasteiger partial charge in [-0.15, -0.1) is 0 Å². The van der Waals surface area contributed by atoms with Gasteiger partial charge in [0.05, 0.1) is 5.69 Å². The molecule has 0 spiro atoms. The summed E-state index contributed by atoms with van der Waals surface area (Å²) in [5, 5.41) is 3.03. The molecule has 5 nitrogen and oxygen atoms in total. The van der Waals surface area contributed by atoms with E-state index in [9.17, 15) is 4.79 Å². The molecule has 0 saturated carbocycles. The van der Waals surface area contributed by atoms with Gasteiger partial charge in [-0.05, 0) is 25.8 Å². The standard InChI is InChI=1S/C12H19N3O2/c1-2-15-8-9(13)7-11(15)12(16)14-10-3-5-17-6-4-10/h7-8,10H,2-6,13H2,1H3,(H,14,16). The lowest BCUT2D eigenvalue weighted by Gasteiger charge is -2.23. The van der Waals surface area contributed by atoms with Crippen molar-refractivity contribution in [3.63, 3.8) is 0 Å². The van der Waals surface area contributed by atoms with Gasteiger partial charge in [0.15, 0.2) is 0 Å². The summed E-state index contributed by atoms with van der Waals surface area (Å²) >= 11 is 0. The van der Waals surface area contributed by atoms with E-state index in [0.717, 1.165) is 32.6 Å². The summed E-state index contributed by atoms with van der Waals surface area (Å²) < 4.78 is 7.12. The number of aryl methyl sites for hydroxylation is 1. The van der Waals surface area contributed by atoms with E-state index >= 15 is 0 Å². The van der Waals surface area contributed by atoms with Gasteiger partial charge in [0.2, 0.25) is 0 Å². The first-order chi connectivity index (χ1) is 8.20. The largest absolute Gasteiger partial charge is 0.397 e. The molecule has 0 atom stereocenters. The average Bonchev–Trinajstić information content (AvgIpc) is 2.72. The Labute approximate surface area is 101 Å². The molecule has 1 saturated heterocycles. The van der Waals surface area contributed by atoms with E-state index in [1.165, 1.54) is 0 Å². The number of nitrogens with two attached hydrogens (primary N) is 1. The van der Waals surface area contributed by atoms with E-state index in [1.54, 1.807) is 12.3 Å². The predicted octanol–water partition coefficient (Wildman–Crippen LogP) is 0.999. The molecule has 2 rings (SSSR count). The number of carbonyl (C=O) groups excluding carboxylic acids is 1. The normalized spacial score (nSPS) is 17.0. The summed E-state index contributed by atoms with van der Waals surface area (Å²) in [5.41, 5.74) is 6.97. The maximum Gasteiger partial charge on any atom is 0.268 e. The fourth-order valence-electron chi connectivity index (χ4n) is 2.09. The van der Waals surface area contributed by atoms with Crippen molar-refractivity contribution in [2.24, 2.45) is 0 Å². The molecule has 5 heteroatoms. The first-order valence-corrected chi connectivity index (χ1v) is 6.05. The molecule has 1 amide bonds. The molecule has 2 heterocycles. The molecule has 1 aliphatic rings. The SMILES string of the molecule is CCn1cc(N)cc1C(=O)NC1CCOCC1. The number of carbonyl (C=O) groups is 1. The number of rotatable bonds is 3. The van der Waals surface area contributed by atoms with Gasteiger partial charge in [-0.1, -0.05) is 0 Å². The molecular formula is C12H19N3O2. The van der Waals surface area contributed by atoms with E-state index in [1.807, 2.05) is 11.5 Å².